The molecule has 0 bridgehead atoms. The van der Waals surface area contributed by atoms with Gasteiger partial charge in [0.1, 0.15) is 5.82 Å². The van der Waals surface area contributed by atoms with Gasteiger partial charge in [0, 0.05) is 36.0 Å². The van der Waals surface area contributed by atoms with Crippen LogP contribution in [-0.2, 0) is 16.4 Å². The molecule has 0 spiro atoms. The molecule has 0 amide bonds. The zero-order chi connectivity index (χ0) is 22.2. The number of nitrogens with one attached hydrogen (secondary N) is 1. The highest BCUT2D eigenvalue weighted by Gasteiger charge is 2.20. The van der Waals surface area contributed by atoms with E-state index in [4.69, 9.17) is 0 Å². The number of nitro groups is 1. The molecule has 9 nitrogen and oxygen atoms in total. The highest BCUT2D eigenvalue weighted by Crippen LogP contribution is 2.23. The van der Waals surface area contributed by atoms with Crippen molar-refractivity contribution in [3.05, 3.63) is 75.0 Å². The van der Waals surface area contributed by atoms with Crippen molar-refractivity contribution in [2.75, 3.05) is 6.54 Å². The maximum absolute atomic E-state index is 13.5. The van der Waals surface area contributed by atoms with Gasteiger partial charge >= 0.3 is 0 Å². The van der Waals surface area contributed by atoms with E-state index < -0.39 is 14.9 Å². The Labute approximate surface area is 180 Å². The number of aromatic nitrogens is 3. The van der Waals surface area contributed by atoms with Gasteiger partial charge in [-0.15, -0.1) is 16.4 Å². The summed E-state index contributed by atoms with van der Waals surface area (Å²) in [4.78, 5) is 15.2. The van der Waals surface area contributed by atoms with Gasteiger partial charge in [-0.25, -0.2) is 22.0 Å². The Bertz CT molecular complexity index is 1400. The van der Waals surface area contributed by atoms with Crippen LogP contribution in [0.4, 0.5) is 10.1 Å². The fraction of sp³-hybridized carbons (Fsp3) is 0.158. The van der Waals surface area contributed by atoms with Crippen molar-refractivity contribution < 1.29 is 17.7 Å². The zero-order valence-electron chi connectivity index (χ0n) is 16.1. The van der Waals surface area contributed by atoms with Crippen molar-refractivity contribution in [3.63, 3.8) is 0 Å². The lowest BCUT2D eigenvalue weighted by atomic mass is 10.2. The van der Waals surface area contributed by atoms with E-state index in [0.717, 1.165) is 11.8 Å². The number of thiazole rings is 1. The molecule has 160 valence electrons. The van der Waals surface area contributed by atoms with E-state index in [0.29, 0.717) is 28.3 Å². The second kappa shape index (κ2) is 8.13. The molecule has 2 aromatic carbocycles. The first kappa shape index (κ1) is 21.0. The van der Waals surface area contributed by atoms with Crippen LogP contribution in [0, 0.1) is 22.9 Å². The lowest BCUT2D eigenvalue weighted by molar-refractivity contribution is -0.385. The average Bonchev–Trinajstić information content (AvgIpc) is 3.30. The highest BCUT2D eigenvalue weighted by atomic mass is 32.2. The summed E-state index contributed by atoms with van der Waals surface area (Å²) in [7, 11) is -3.93. The summed E-state index contributed by atoms with van der Waals surface area (Å²) in [5.41, 5.74) is 1.39. The summed E-state index contributed by atoms with van der Waals surface area (Å²) in [5.74, 6) is -0.0119. The number of hydrogen-bond acceptors (Lipinski definition) is 7. The summed E-state index contributed by atoms with van der Waals surface area (Å²) in [5, 5.41) is 17.2. The highest BCUT2D eigenvalue weighted by molar-refractivity contribution is 7.89. The molecule has 4 aromatic rings. The van der Waals surface area contributed by atoms with Crippen LogP contribution in [0.1, 0.15) is 11.3 Å². The van der Waals surface area contributed by atoms with Gasteiger partial charge in [-0.3, -0.25) is 10.1 Å². The Morgan fingerprint density at radius 1 is 1.26 bits per heavy atom. The Morgan fingerprint density at radius 3 is 2.81 bits per heavy atom. The number of nitro benzene ring substituents is 1. The predicted molar refractivity (Wildman–Crippen MR) is 113 cm³/mol. The van der Waals surface area contributed by atoms with Crippen molar-refractivity contribution in [2.45, 2.75) is 18.2 Å². The first-order valence-corrected chi connectivity index (χ1v) is 11.4. The number of halogens is 1. The lowest BCUT2D eigenvalue weighted by Crippen LogP contribution is -2.27. The van der Waals surface area contributed by atoms with E-state index in [9.17, 15) is 22.9 Å². The van der Waals surface area contributed by atoms with E-state index in [2.05, 4.69) is 14.8 Å². The summed E-state index contributed by atoms with van der Waals surface area (Å²) >= 11 is 1.34. The molecular weight excluding hydrogens is 445 g/mol. The normalized spacial score (nSPS) is 11.8. The fourth-order valence-electron chi connectivity index (χ4n) is 3.03. The second-order valence-corrected chi connectivity index (χ2v) is 9.29. The molecule has 2 aromatic heterocycles. The third-order valence-corrected chi connectivity index (χ3v) is 7.05. The average molecular weight is 462 g/mol. The molecule has 0 aliphatic rings. The van der Waals surface area contributed by atoms with Crippen LogP contribution in [-0.4, -0.2) is 34.5 Å². The molecule has 0 radical (unpaired) electrons. The third-order valence-electron chi connectivity index (χ3n) is 4.58. The van der Waals surface area contributed by atoms with Crippen molar-refractivity contribution in [1.29, 1.82) is 0 Å². The number of hydrogen-bond donors (Lipinski definition) is 1. The van der Waals surface area contributed by atoms with E-state index in [1.807, 2.05) is 5.38 Å². The minimum atomic E-state index is -3.93. The number of non-ortho nitro benzene ring substituents is 1. The minimum absolute atomic E-state index is 0.0610. The Balaban J connectivity index is 1.51. The van der Waals surface area contributed by atoms with Crippen LogP contribution < -0.4 is 4.72 Å². The van der Waals surface area contributed by atoms with Crippen LogP contribution >= 0.6 is 11.3 Å². The largest absolute Gasteiger partial charge is 0.270 e. The quantitative estimate of drug-likeness (QED) is 0.333. The lowest BCUT2D eigenvalue weighted by Gasteiger charge is -2.09. The maximum atomic E-state index is 13.5. The Hall–Kier alpha value is -3.22. The zero-order valence-corrected chi connectivity index (χ0v) is 17.8. The van der Waals surface area contributed by atoms with E-state index in [-0.39, 0.29) is 22.9 Å². The number of aryl methyl sites for hydroxylation is 1. The number of nitrogens with zero attached hydrogens (tertiary/aromatic N) is 4. The fourth-order valence-corrected chi connectivity index (χ4v) is 5.18. The molecular formula is C19H16FN5O4S2. The monoisotopic (exact) mass is 461 g/mol. The van der Waals surface area contributed by atoms with Gasteiger partial charge < -0.3 is 0 Å². The Morgan fingerprint density at radius 2 is 2.06 bits per heavy atom. The first-order valence-electron chi connectivity index (χ1n) is 9.08. The van der Waals surface area contributed by atoms with Gasteiger partial charge in [0.15, 0.2) is 5.82 Å². The number of rotatable bonds is 7. The summed E-state index contributed by atoms with van der Waals surface area (Å²) < 4.78 is 42.8. The molecule has 0 atom stereocenters. The van der Waals surface area contributed by atoms with Gasteiger partial charge in [0.25, 0.3) is 5.69 Å². The molecule has 0 aliphatic carbocycles. The van der Waals surface area contributed by atoms with Crippen LogP contribution in [0.2, 0.25) is 0 Å². The van der Waals surface area contributed by atoms with E-state index in [1.54, 1.807) is 23.6 Å². The molecule has 0 fully saturated rings. The maximum Gasteiger partial charge on any atom is 0.270 e. The summed E-state index contributed by atoms with van der Waals surface area (Å²) in [6.45, 7) is 1.63. The SMILES string of the molecule is Cc1ccc([N+](=O)[O-])cc1S(=O)(=O)NCCc1csc2nc(-c3cccc(F)c3)nn12. The number of fused-ring (bicyclic) bond motifs is 1. The molecule has 2 heterocycles. The van der Waals surface area contributed by atoms with E-state index >= 15 is 0 Å². The molecule has 1 N–H and O–H groups in total. The van der Waals surface area contributed by atoms with Gasteiger partial charge in [0.2, 0.25) is 15.0 Å². The molecule has 31 heavy (non-hydrogen) atoms. The van der Waals surface area contributed by atoms with Crippen LogP contribution in [0.3, 0.4) is 0 Å². The standard InChI is InChI=1S/C19H16FN5O4S2/c1-12-5-6-15(25(26)27)10-17(12)31(28,29)21-8-7-16-11-30-19-22-18(23-24(16)19)13-3-2-4-14(20)9-13/h2-6,9-11,21H,7-8H2,1H3. The molecule has 4 rings (SSSR count). The van der Waals surface area contributed by atoms with Gasteiger partial charge in [0.05, 0.1) is 15.5 Å². The van der Waals surface area contributed by atoms with Gasteiger partial charge in [-0.1, -0.05) is 18.2 Å². The van der Waals surface area contributed by atoms with Gasteiger partial charge in [-0.05, 0) is 24.6 Å². The topological polar surface area (TPSA) is 120 Å². The van der Waals surface area contributed by atoms with Crippen LogP contribution in [0.15, 0.2) is 52.7 Å². The summed E-state index contributed by atoms with van der Waals surface area (Å²) in [6.07, 6.45) is 0.319. The summed E-state index contributed by atoms with van der Waals surface area (Å²) in [6, 6.07) is 9.67. The third kappa shape index (κ3) is 4.31. The van der Waals surface area contributed by atoms with Crippen molar-refractivity contribution >= 4 is 32.0 Å². The first-order chi connectivity index (χ1) is 14.7. The van der Waals surface area contributed by atoms with Crippen molar-refractivity contribution in [2.24, 2.45) is 0 Å². The molecule has 12 heteroatoms. The van der Waals surface area contributed by atoms with Crippen LogP contribution in [0.25, 0.3) is 16.3 Å². The van der Waals surface area contributed by atoms with Crippen molar-refractivity contribution in [1.82, 2.24) is 19.3 Å². The predicted octanol–water partition coefficient (Wildman–Crippen LogP) is 3.33. The Kier molecular flexibility index (Phi) is 5.52. The smallest absolute Gasteiger partial charge is 0.258 e. The molecule has 0 aliphatic heterocycles. The number of benzene rings is 2. The second-order valence-electron chi connectivity index (χ2n) is 6.72. The number of sulfonamides is 1. The molecule has 0 saturated carbocycles. The molecule has 0 saturated heterocycles. The van der Waals surface area contributed by atoms with E-state index in [1.165, 1.54) is 35.6 Å². The minimum Gasteiger partial charge on any atom is -0.258 e. The van der Waals surface area contributed by atoms with Crippen LogP contribution in [0.5, 0.6) is 0 Å². The van der Waals surface area contributed by atoms with Crippen molar-refractivity contribution in [3.8, 4) is 11.4 Å². The molecule has 0 unspecified atom stereocenters. The van der Waals surface area contributed by atoms with Gasteiger partial charge in [-0.2, -0.15) is 4.98 Å².